The molecular weight excluding hydrogens is 564 g/mol. The van der Waals surface area contributed by atoms with Gasteiger partial charge in [-0.1, -0.05) is 146 Å². The van der Waals surface area contributed by atoms with E-state index in [2.05, 4.69) is 69.4 Å². The molecule has 6 nitrogen and oxygen atoms in total. The molecule has 45 heavy (non-hydrogen) atoms. The number of rotatable bonds is 30. The van der Waals surface area contributed by atoms with Crippen molar-refractivity contribution in [2.75, 3.05) is 13.2 Å². The molecule has 0 N–H and O–H groups in total. The lowest BCUT2D eigenvalue weighted by molar-refractivity contribution is -0.166. The Hall–Kier alpha value is -2.89. The fourth-order valence-electron chi connectivity index (χ4n) is 4.39. The second kappa shape index (κ2) is 34.0. The Bertz CT molecular complexity index is 867. The van der Waals surface area contributed by atoms with Crippen molar-refractivity contribution in [2.45, 2.75) is 155 Å². The van der Waals surface area contributed by atoms with Crippen LogP contribution in [0.1, 0.15) is 149 Å². The molecule has 0 heterocycles. The largest absolute Gasteiger partial charge is 0.462 e. The van der Waals surface area contributed by atoms with E-state index < -0.39 is 12.1 Å². The summed E-state index contributed by atoms with van der Waals surface area (Å²) in [4.78, 5) is 37.0. The predicted octanol–water partition coefficient (Wildman–Crippen LogP) is 10.6. The van der Waals surface area contributed by atoms with Crippen LogP contribution in [0.15, 0.2) is 60.8 Å². The lowest BCUT2D eigenvalue weighted by Crippen LogP contribution is -2.30. The van der Waals surface area contributed by atoms with Crippen LogP contribution in [0.4, 0.5) is 0 Å². The molecule has 0 bridgehead atoms. The average molecular weight is 629 g/mol. The van der Waals surface area contributed by atoms with Gasteiger partial charge in [0.1, 0.15) is 13.2 Å². The van der Waals surface area contributed by atoms with Crippen molar-refractivity contribution in [3.05, 3.63) is 60.8 Å². The number of hydrogen-bond donors (Lipinski definition) is 0. The van der Waals surface area contributed by atoms with Crippen LogP contribution in [0.3, 0.4) is 0 Å². The maximum absolute atomic E-state index is 12.4. The fourth-order valence-corrected chi connectivity index (χ4v) is 4.39. The quantitative estimate of drug-likeness (QED) is 0.0341. The number of carbonyl (C=O) groups excluding carboxylic acids is 3. The molecule has 0 aliphatic rings. The molecule has 0 rings (SSSR count). The fraction of sp³-hybridized carbons (Fsp3) is 0.667. The highest BCUT2D eigenvalue weighted by molar-refractivity contribution is 5.72. The second-order valence-corrected chi connectivity index (χ2v) is 11.4. The molecule has 0 amide bonds. The van der Waals surface area contributed by atoms with Crippen LogP contribution in [0.5, 0.6) is 0 Å². The number of carbonyl (C=O) groups is 3. The van der Waals surface area contributed by atoms with E-state index in [0.717, 1.165) is 70.6 Å². The summed E-state index contributed by atoms with van der Waals surface area (Å²) in [6.07, 6.45) is 38.4. The summed E-state index contributed by atoms with van der Waals surface area (Å²) in [7, 11) is 0. The lowest BCUT2D eigenvalue weighted by Gasteiger charge is -2.18. The van der Waals surface area contributed by atoms with Gasteiger partial charge in [0.2, 0.25) is 0 Å². The molecule has 6 heteroatoms. The summed E-state index contributed by atoms with van der Waals surface area (Å²) in [5.74, 6) is -1.07. The van der Waals surface area contributed by atoms with Crippen LogP contribution in [0, 0.1) is 0 Å². The van der Waals surface area contributed by atoms with Crippen LogP contribution >= 0.6 is 0 Å². The average Bonchev–Trinajstić information content (AvgIpc) is 3.03. The Morgan fingerprint density at radius 2 is 0.867 bits per heavy atom. The van der Waals surface area contributed by atoms with E-state index >= 15 is 0 Å². The van der Waals surface area contributed by atoms with Crippen molar-refractivity contribution in [1.29, 1.82) is 0 Å². The zero-order chi connectivity index (χ0) is 33.1. The van der Waals surface area contributed by atoms with Crippen molar-refractivity contribution in [2.24, 2.45) is 0 Å². The van der Waals surface area contributed by atoms with Gasteiger partial charge in [-0.05, 0) is 44.9 Å². The first kappa shape index (κ1) is 42.1. The molecular formula is C39H64O6. The first-order chi connectivity index (χ1) is 22.0. The van der Waals surface area contributed by atoms with E-state index in [1.807, 2.05) is 6.08 Å². The minimum absolute atomic E-state index is 0.105. The Balaban J connectivity index is 4.44. The summed E-state index contributed by atoms with van der Waals surface area (Å²) in [6, 6.07) is 0. The zero-order valence-electron chi connectivity index (χ0n) is 28.9. The first-order valence-electron chi connectivity index (χ1n) is 17.8. The van der Waals surface area contributed by atoms with Gasteiger partial charge < -0.3 is 14.2 Å². The van der Waals surface area contributed by atoms with Crippen LogP contribution in [0.2, 0.25) is 0 Å². The van der Waals surface area contributed by atoms with E-state index in [9.17, 15) is 14.4 Å². The Labute approximate surface area is 275 Å². The monoisotopic (exact) mass is 628 g/mol. The standard InChI is InChI=1S/C39H64O6/c1-4-7-10-13-16-17-18-19-20-21-22-23-24-27-29-32-38(41)44-35-36(45-39(42)33-30-26-15-12-9-6-3)34-43-37(40)31-28-25-14-11-8-5-2/h7,10,16-17,19-20,22-23,27,29,36H,4-6,8-9,11-15,18,21,24-26,28,30-35H2,1-3H3/b10-7-,17-16-,20-19-,23-22-,29-27-. The first-order valence-corrected chi connectivity index (χ1v) is 17.8. The molecule has 1 atom stereocenters. The third kappa shape index (κ3) is 32.3. The predicted molar refractivity (Wildman–Crippen MR) is 187 cm³/mol. The normalized spacial score (nSPS) is 12.7. The van der Waals surface area contributed by atoms with Crippen molar-refractivity contribution in [1.82, 2.24) is 0 Å². The number of esters is 3. The molecule has 0 aliphatic carbocycles. The third-order valence-corrected chi connectivity index (χ3v) is 7.07. The maximum Gasteiger partial charge on any atom is 0.309 e. The summed E-state index contributed by atoms with van der Waals surface area (Å²) in [6.45, 7) is 6.25. The topological polar surface area (TPSA) is 78.9 Å². The van der Waals surface area contributed by atoms with Crippen LogP contribution in [-0.4, -0.2) is 37.2 Å². The molecule has 0 radical (unpaired) electrons. The van der Waals surface area contributed by atoms with Crippen LogP contribution in [-0.2, 0) is 28.6 Å². The zero-order valence-corrected chi connectivity index (χ0v) is 28.9. The van der Waals surface area contributed by atoms with Gasteiger partial charge in [0.25, 0.3) is 0 Å². The van der Waals surface area contributed by atoms with Gasteiger partial charge in [0, 0.05) is 12.8 Å². The summed E-state index contributed by atoms with van der Waals surface area (Å²) in [5, 5.41) is 0. The molecule has 256 valence electrons. The molecule has 0 spiro atoms. The number of hydrogen-bond acceptors (Lipinski definition) is 6. The molecule has 0 saturated heterocycles. The summed E-state index contributed by atoms with van der Waals surface area (Å²) < 4.78 is 16.3. The Morgan fingerprint density at radius 1 is 0.467 bits per heavy atom. The van der Waals surface area contributed by atoms with Crippen molar-refractivity contribution >= 4 is 17.9 Å². The van der Waals surface area contributed by atoms with Gasteiger partial charge in [0.15, 0.2) is 6.10 Å². The highest BCUT2D eigenvalue weighted by atomic mass is 16.6. The van der Waals surface area contributed by atoms with Crippen LogP contribution < -0.4 is 0 Å². The SMILES string of the molecule is CC/C=C\C/C=C\C/C=C\C/C=C\C/C=C\CC(=O)OCC(COC(=O)CCCCCCCC)OC(=O)CCCCCCCC. The van der Waals surface area contributed by atoms with E-state index in [1.54, 1.807) is 6.08 Å². The van der Waals surface area contributed by atoms with Gasteiger partial charge in [-0.15, -0.1) is 0 Å². The van der Waals surface area contributed by atoms with E-state index in [1.165, 1.54) is 38.5 Å². The molecule has 0 aliphatic heterocycles. The Kier molecular flexibility index (Phi) is 31.8. The number of ether oxygens (including phenoxy) is 3. The van der Waals surface area contributed by atoms with Crippen molar-refractivity contribution < 1.29 is 28.6 Å². The summed E-state index contributed by atoms with van der Waals surface area (Å²) in [5.41, 5.74) is 0. The maximum atomic E-state index is 12.4. The van der Waals surface area contributed by atoms with Gasteiger partial charge in [-0.2, -0.15) is 0 Å². The number of allylic oxidation sites excluding steroid dienone is 9. The molecule has 1 unspecified atom stereocenters. The van der Waals surface area contributed by atoms with Gasteiger partial charge in [0.05, 0.1) is 6.42 Å². The second-order valence-electron chi connectivity index (χ2n) is 11.4. The van der Waals surface area contributed by atoms with Gasteiger partial charge in [-0.25, -0.2) is 0 Å². The van der Waals surface area contributed by atoms with Gasteiger partial charge >= 0.3 is 17.9 Å². The molecule has 0 aromatic rings. The molecule has 0 fully saturated rings. The van der Waals surface area contributed by atoms with E-state index in [-0.39, 0.29) is 31.6 Å². The molecule has 0 saturated carbocycles. The van der Waals surface area contributed by atoms with E-state index in [4.69, 9.17) is 14.2 Å². The molecule has 0 aromatic carbocycles. The third-order valence-electron chi connectivity index (χ3n) is 7.07. The number of unbranched alkanes of at least 4 members (excludes halogenated alkanes) is 10. The van der Waals surface area contributed by atoms with Crippen LogP contribution in [0.25, 0.3) is 0 Å². The van der Waals surface area contributed by atoms with Crippen molar-refractivity contribution in [3.8, 4) is 0 Å². The highest BCUT2D eigenvalue weighted by Crippen LogP contribution is 2.10. The minimum atomic E-state index is -0.802. The highest BCUT2D eigenvalue weighted by Gasteiger charge is 2.19. The smallest absolute Gasteiger partial charge is 0.309 e. The van der Waals surface area contributed by atoms with Crippen molar-refractivity contribution in [3.63, 3.8) is 0 Å². The summed E-state index contributed by atoms with van der Waals surface area (Å²) >= 11 is 0. The Morgan fingerprint density at radius 3 is 1.36 bits per heavy atom. The lowest BCUT2D eigenvalue weighted by atomic mass is 10.1. The van der Waals surface area contributed by atoms with E-state index in [0.29, 0.717) is 12.8 Å². The van der Waals surface area contributed by atoms with Gasteiger partial charge in [-0.3, -0.25) is 14.4 Å². The minimum Gasteiger partial charge on any atom is -0.462 e. The molecule has 0 aromatic heterocycles.